The molecule has 1 aliphatic rings. The molecule has 1 N–H and O–H groups in total. The highest BCUT2D eigenvalue weighted by Gasteiger charge is 2.12. The standard InChI is InChI=1S/C16H23N5O/c22-16(13-20-10-5-1-2-6-11-20)17-9-12-21-15-8-4-3-7-14(15)18-19-21/h3-4,7-8H,1-2,5-6,9-13H2,(H,17,22). The lowest BCUT2D eigenvalue weighted by Gasteiger charge is -2.18. The third kappa shape index (κ3) is 3.82. The lowest BCUT2D eigenvalue weighted by molar-refractivity contribution is -0.122. The smallest absolute Gasteiger partial charge is 0.234 e. The number of para-hydroxylation sites is 1. The van der Waals surface area contributed by atoms with Crippen LogP contribution < -0.4 is 5.32 Å². The molecular weight excluding hydrogens is 278 g/mol. The second-order valence-electron chi connectivity index (χ2n) is 5.84. The van der Waals surface area contributed by atoms with Crippen molar-refractivity contribution in [2.75, 3.05) is 26.2 Å². The number of carbonyl (C=O) groups excluding carboxylic acids is 1. The molecule has 0 saturated carbocycles. The largest absolute Gasteiger partial charge is 0.353 e. The summed E-state index contributed by atoms with van der Waals surface area (Å²) in [5.74, 6) is 0.103. The molecule has 2 heterocycles. The van der Waals surface area contributed by atoms with Crippen LogP contribution in [0.25, 0.3) is 11.0 Å². The lowest BCUT2D eigenvalue weighted by atomic mass is 10.2. The van der Waals surface area contributed by atoms with Gasteiger partial charge in [-0.05, 0) is 38.1 Å². The lowest BCUT2D eigenvalue weighted by Crippen LogP contribution is -2.38. The summed E-state index contributed by atoms with van der Waals surface area (Å²) in [5, 5.41) is 11.2. The molecule has 118 valence electrons. The van der Waals surface area contributed by atoms with E-state index in [1.807, 2.05) is 28.9 Å². The first-order chi connectivity index (χ1) is 10.8. The van der Waals surface area contributed by atoms with Gasteiger partial charge in [0, 0.05) is 6.54 Å². The van der Waals surface area contributed by atoms with Crippen LogP contribution in [-0.4, -0.2) is 52.0 Å². The van der Waals surface area contributed by atoms with Crippen LogP contribution in [0, 0.1) is 0 Å². The molecule has 1 saturated heterocycles. The number of nitrogens with zero attached hydrogens (tertiary/aromatic N) is 4. The minimum Gasteiger partial charge on any atom is -0.353 e. The number of amides is 1. The van der Waals surface area contributed by atoms with Crippen molar-refractivity contribution < 1.29 is 4.79 Å². The van der Waals surface area contributed by atoms with Gasteiger partial charge in [-0.2, -0.15) is 0 Å². The van der Waals surface area contributed by atoms with Crippen LogP contribution >= 0.6 is 0 Å². The summed E-state index contributed by atoms with van der Waals surface area (Å²) >= 11 is 0. The van der Waals surface area contributed by atoms with Gasteiger partial charge in [0.15, 0.2) is 0 Å². The molecule has 1 amide bonds. The first kappa shape index (κ1) is 15.0. The molecule has 0 spiro atoms. The maximum atomic E-state index is 12.0. The minimum atomic E-state index is 0.103. The van der Waals surface area contributed by atoms with Gasteiger partial charge in [-0.1, -0.05) is 30.2 Å². The summed E-state index contributed by atoms with van der Waals surface area (Å²) < 4.78 is 1.83. The Balaban J connectivity index is 1.45. The van der Waals surface area contributed by atoms with Crippen LogP contribution in [0.4, 0.5) is 0 Å². The average Bonchev–Trinajstić information content (AvgIpc) is 2.76. The SMILES string of the molecule is O=C(CN1CCCCCC1)NCCn1nnc2ccccc21. The Morgan fingerprint density at radius 2 is 1.91 bits per heavy atom. The number of hydrogen-bond donors (Lipinski definition) is 1. The van der Waals surface area contributed by atoms with E-state index in [9.17, 15) is 4.79 Å². The fourth-order valence-electron chi connectivity index (χ4n) is 2.94. The second kappa shape index (κ2) is 7.35. The van der Waals surface area contributed by atoms with E-state index < -0.39 is 0 Å². The Morgan fingerprint density at radius 3 is 2.73 bits per heavy atom. The van der Waals surface area contributed by atoms with Crippen LogP contribution in [-0.2, 0) is 11.3 Å². The number of carbonyl (C=O) groups is 1. The highest BCUT2D eigenvalue weighted by atomic mass is 16.2. The Hall–Kier alpha value is -1.95. The molecular formula is C16H23N5O. The van der Waals surface area contributed by atoms with Crippen LogP contribution in [0.5, 0.6) is 0 Å². The zero-order valence-electron chi connectivity index (χ0n) is 12.9. The molecule has 0 aliphatic carbocycles. The monoisotopic (exact) mass is 301 g/mol. The van der Waals surface area contributed by atoms with Crippen molar-refractivity contribution in [3.05, 3.63) is 24.3 Å². The zero-order chi connectivity index (χ0) is 15.2. The topological polar surface area (TPSA) is 63.1 Å². The third-order valence-electron chi connectivity index (χ3n) is 4.13. The van der Waals surface area contributed by atoms with Crippen molar-refractivity contribution in [1.82, 2.24) is 25.2 Å². The first-order valence-corrected chi connectivity index (χ1v) is 8.10. The molecule has 3 rings (SSSR count). The van der Waals surface area contributed by atoms with E-state index in [0.717, 1.165) is 24.1 Å². The number of likely N-dealkylation sites (tertiary alicyclic amines) is 1. The summed E-state index contributed by atoms with van der Waals surface area (Å²) in [6.07, 6.45) is 4.99. The number of benzene rings is 1. The molecule has 1 aromatic heterocycles. The molecule has 22 heavy (non-hydrogen) atoms. The van der Waals surface area contributed by atoms with Crippen molar-refractivity contribution in [3.63, 3.8) is 0 Å². The summed E-state index contributed by atoms with van der Waals surface area (Å²) in [4.78, 5) is 14.3. The molecule has 1 aliphatic heterocycles. The van der Waals surface area contributed by atoms with E-state index in [0.29, 0.717) is 19.6 Å². The number of nitrogens with one attached hydrogen (secondary N) is 1. The Labute approximate surface area is 130 Å². The summed E-state index contributed by atoms with van der Waals surface area (Å²) in [5.41, 5.74) is 1.89. The fraction of sp³-hybridized carbons (Fsp3) is 0.562. The molecule has 0 atom stereocenters. The van der Waals surface area contributed by atoms with Crippen molar-refractivity contribution in [2.24, 2.45) is 0 Å². The van der Waals surface area contributed by atoms with E-state index in [-0.39, 0.29) is 5.91 Å². The van der Waals surface area contributed by atoms with Crippen LogP contribution in [0.1, 0.15) is 25.7 Å². The molecule has 0 unspecified atom stereocenters. The fourth-order valence-corrected chi connectivity index (χ4v) is 2.94. The average molecular weight is 301 g/mol. The van der Waals surface area contributed by atoms with Crippen LogP contribution in [0.2, 0.25) is 0 Å². The van der Waals surface area contributed by atoms with Gasteiger partial charge >= 0.3 is 0 Å². The van der Waals surface area contributed by atoms with Crippen molar-refractivity contribution in [2.45, 2.75) is 32.2 Å². The van der Waals surface area contributed by atoms with E-state index in [2.05, 4.69) is 20.5 Å². The Morgan fingerprint density at radius 1 is 1.14 bits per heavy atom. The Kier molecular flexibility index (Phi) is 5.00. The van der Waals surface area contributed by atoms with Gasteiger partial charge in [0.25, 0.3) is 0 Å². The van der Waals surface area contributed by atoms with Crippen molar-refractivity contribution >= 4 is 16.9 Å². The van der Waals surface area contributed by atoms with Gasteiger partial charge < -0.3 is 5.32 Å². The number of aromatic nitrogens is 3. The molecule has 1 fully saturated rings. The van der Waals surface area contributed by atoms with Gasteiger partial charge in [0.05, 0.1) is 18.6 Å². The molecule has 6 heteroatoms. The molecule has 2 aromatic rings. The van der Waals surface area contributed by atoms with Gasteiger partial charge in [-0.25, -0.2) is 4.68 Å². The number of hydrogen-bond acceptors (Lipinski definition) is 4. The zero-order valence-corrected chi connectivity index (χ0v) is 12.9. The highest BCUT2D eigenvalue weighted by molar-refractivity contribution is 5.78. The molecule has 1 aromatic carbocycles. The van der Waals surface area contributed by atoms with Gasteiger partial charge in [-0.3, -0.25) is 9.69 Å². The number of fused-ring (bicyclic) bond motifs is 1. The van der Waals surface area contributed by atoms with E-state index >= 15 is 0 Å². The van der Waals surface area contributed by atoms with E-state index in [4.69, 9.17) is 0 Å². The molecule has 0 bridgehead atoms. The maximum Gasteiger partial charge on any atom is 0.234 e. The normalized spacial score (nSPS) is 16.5. The predicted octanol–water partition coefficient (Wildman–Crippen LogP) is 1.42. The highest BCUT2D eigenvalue weighted by Crippen LogP contribution is 2.10. The van der Waals surface area contributed by atoms with E-state index in [1.54, 1.807) is 0 Å². The minimum absolute atomic E-state index is 0.103. The quantitative estimate of drug-likeness (QED) is 0.907. The molecule has 6 nitrogen and oxygen atoms in total. The summed E-state index contributed by atoms with van der Waals surface area (Å²) in [7, 11) is 0. The Bertz CT molecular complexity index is 616. The van der Waals surface area contributed by atoms with Gasteiger partial charge in [0.2, 0.25) is 5.91 Å². The maximum absolute atomic E-state index is 12.0. The first-order valence-electron chi connectivity index (χ1n) is 8.10. The summed E-state index contributed by atoms with van der Waals surface area (Å²) in [6, 6.07) is 7.86. The van der Waals surface area contributed by atoms with Gasteiger partial charge in [-0.15, -0.1) is 5.10 Å². The van der Waals surface area contributed by atoms with Crippen LogP contribution in [0.15, 0.2) is 24.3 Å². The van der Waals surface area contributed by atoms with Crippen LogP contribution in [0.3, 0.4) is 0 Å². The van der Waals surface area contributed by atoms with Crippen molar-refractivity contribution in [1.29, 1.82) is 0 Å². The van der Waals surface area contributed by atoms with Crippen molar-refractivity contribution in [3.8, 4) is 0 Å². The van der Waals surface area contributed by atoms with Gasteiger partial charge in [0.1, 0.15) is 5.52 Å². The second-order valence-corrected chi connectivity index (χ2v) is 5.84. The van der Waals surface area contributed by atoms with E-state index in [1.165, 1.54) is 25.7 Å². The third-order valence-corrected chi connectivity index (χ3v) is 4.13. The summed E-state index contributed by atoms with van der Waals surface area (Å²) in [6.45, 7) is 3.83. The predicted molar refractivity (Wildman–Crippen MR) is 85.4 cm³/mol. The molecule has 0 radical (unpaired) electrons. The number of rotatable bonds is 5.